The Labute approximate surface area is 218 Å². The standard InChI is InChI=1S/C27H16ClFN2O5S/c1-35-17-6-2-13(3-7-17)23-22(24(32)20-11-14-10-15(28)4-9-19(14)36-20)25(33)26(34)31(23)27-30-18-8-5-16(29)12-21(18)37-27/h2-12,23,33H,1H3. The molecule has 1 amide bonds. The largest absolute Gasteiger partial charge is 0.503 e. The zero-order chi connectivity index (χ0) is 25.8. The number of ether oxygens (including phenoxy) is 1. The van der Waals surface area contributed by atoms with Crippen molar-refractivity contribution in [3.63, 3.8) is 0 Å². The van der Waals surface area contributed by atoms with Gasteiger partial charge in [-0.2, -0.15) is 0 Å². The first-order valence-electron chi connectivity index (χ1n) is 11.0. The van der Waals surface area contributed by atoms with Crippen molar-refractivity contribution in [3.05, 3.63) is 100 Å². The number of thiazole rings is 1. The molecule has 37 heavy (non-hydrogen) atoms. The number of hydrogen-bond acceptors (Lipinski definition) is 7. The summed E-state index contributed by atoms with van der Waals surface area (Å²) in [6, 6.07) is 16.3. The van der Waals surface area contributed by atoms with Crippen LogP contribution < -0.4 is 9.64 Å². The van der Waals surface area contributed by atoms with Gasteiger partial charge in [-0.1, -0.05) is 35.1 Å². The maximum Gasteiger partial charge on any atom is 0.296 e. The number of carbonyl (C=O) groups excluding carboxylic acids is 2. The summed E-state index contributed by atoms with van der Waals surface area (Å²) in [5.74, 6) is -2.10. The van der Waals surface area contributed by atoms with E-state index in [0.717, 1.165) is 11.3 Å². The summed E-state index contributed by atoms with van der Waals surface area (Å²) < 4.78 is 25.3. The third-order valence-electron chi connectivity index (χ3n) is 6.13. The monoisotopic (exact) mass is 534 g/mol. The Bertz CT molecular complexity index is 1760. The number of anilines is 1. The molecule has 0 spiro atoms. The Hall–Kier alpha value is -4.21. The number of rotatable bonds is 5. The van der Waals surface area contributed by atoms with Crippen molar-refractivity contribution < 1.29 is 28.2 Å². The fourth-order valence-electron chi connectivity index (χ4n) is 4.38. The van der Waals surface area contributed by atoms with E-state index in [0.29, 0.717) is 37.5 Å². The molecule has 1 unspecified atom stereocenters. The second kappa shape index (κ2) is 8.72. The van der Waals surface area contributed by atoms with Gasteiger partial charge < -0.3 is 14.3 Å². The number of ketones is 1. The fourth-order valence-corrected chi connectivity index (χ4v) is 5.58. The molecule has 1 aliphatic heterocycles. The Morgan fingerprint density at radius 2 is 1.92 bits per heavy atom. The highest BCUT2D eigenvalue weighted by Gasteiger charge is 2.46. The van der Waals surface area contributed by atoms with Crippen LogP contribution in [0, 0.1) is 5.82 Å². The van der Waals surface area contributed by atoms with Crippen molar-refractivity contribution in [1.29, 1.82) is 0 Å². The van der Waals surface area contributed by atoms with Crippen LogP contribution in [0.15, 0.2) is 82.5 Å². The summed E-state index contributed by atoms with van der Waals surface area (Å²) in [6.45, 7) is 0. The van der Waals surface area contributed by atoms with Crippen LogP contribution in [-0.4, -0.2) is 28.9 Å². The van der Waals surface area contributed by atoms with Gasteiger partial charge in [-0.05, 0) is 60.2 Å². The number of aliphatic hydroxyl groups is 1. The van der Waals surface area contributed by atoms with E-state index in [1.165, 1.54) is 36.3 Å². The van der Waals surface area contributed by atoms with Crippen LogP contribution in [0.1, 0.15) is 22.2 Å². The first kappa shape index (κ1) is 23.2. The molecule has 0 saturated heterocycles. The summed E-state index contributed by atoms with van der Waals surface area (Å²) in [6.07, 6.45) is 0. The van der Waals surface area contributed by atoms with E-state index in [9.17, 15) is 19.1 Å². The molecule has 1 atom stereocenters. The van der Waals surface area contributed by atoms with Crippen LogP contribution in [-0.2, 0) is 4.79 Å². The van der Waals surface area contributed by atoms with E-state index in [1.807, 2.05) is 0 Å². The molecule has 1 aliphatic rings. The summed E-state index contributed by atoms with van der Waals surface area (Å²) in [7, 11) is 1.52. The molecule has 7 nitrogen and oxygen atoms in total. The van der Waals surface area contributed by atoms with Gasteiger partial charge >= 0.3 is 0 Å². The van der Waals surface area contributed by atoms with Gasteiger partial charge in [-0.15, -0.1) is 0 Å². The molecule has 3 aromatic carbocycles. The lowest BCUT2D eigenvalue weighted by Crippen LogP contribution is -2.30. The molecule has 0 saturated carbocycles. The third kappa shape index (κ3) is 3.83. The lowest BCUT2D eigenvalue weighted by atomic mass is 9.95. The van der Waals surface area contributed by atoms with Crippen molar-refractivity contribution in [1.82, 2.24) is 4.98 Å². The quantitative estimate of drug-likeness (QED) is 0.254. The van der Waals surface area contributed by atoms with E-state index < -0.39 is 29.3 Å². The number of benzene rings is 3. The average Bonchev–Trinajstić information content (AvgIpc) is 3.57. The Kier molecular flexibility index (Phi) is 5.47. The smallest absolute Gasteiger partial charge is 0.296 e. The van der Waals surface area contributed by atoms with Crippen molar-refractivity contribution in [2.75, 3.05) is 12.0 Å². The second-order valence-electron chi connectivity index (χ2n) is 8.34. The Morgan fingerprint density at radius 3 is 2.68 bits per heavy atom. The molecule has 10 heteroatoms. The predicted octanol–water partition coefficient (Wildman–Crippen LogP) is 6.63. The molecule has 3 heterocycles. The van der Waals surface area contributed by atoms with Gasteiger partial charge in [0, 0.05) is 10.4 Å². The normalized spacial score (nSPS) is 15.8. The first-order valence-corrected chi connectivity index (χ1v) is 12.2. The molecule has 0 aliphatic carbocycles. The molecular formula is C27H16ClFN2O5S. The number of amides is 1. The van der Waals surface area contributed by atoms with Gasteiger partial charge in [0.2, 0.25) is 5.78 Å². The molecule has 184 valence electrons. The van der Waals surface area contributed by atoms with Crippen LogP contribution in [0.25, 0.3) is 21.2 Å². The lowest BCUT2D eigenvalue weighted by molar-refractivity contribution is -0.117. The minimum absolute atomic E-state index is 0.0571. The van der Waals surface area contributed by atoms with E-state index in [4.69, 9.17) is 20.8 Å². The highest BCUT2D eigenvalue weighted by molar-refractivity contribution is 7.22. The van der Waals surface area contributed by atoms with Crippen molar-refractivity contribution >= 4 is 60.9 Å². The summed E-state index contributed by atoms with van der Waals surface area (Å²) in [5, 5.41) is 12.3. The van der Waals surface area contributed by atoms with Gasteiger partial charge in [0.25, 0.3) is 5.91 Å². The first-order chi connectivity index (χ1) is 17.8. The predicted molar refractivity (Wildman–Crippen MR) is 138 cm³/mol. The van der Waals surface area contributed by atoms with E-state index in [1.54, 1.807) is 42.5 Å². The summed E-state index contributed by atoms with van der Waals surface area (Å²) >= 11 is 7.15. The molecule has 0 radical (unpaired) electrons. The number of carbonyl (C=O) groups is 2. The number of hydrogen-bond donors (Lipinski definition) is 1. The van der Waals surface area contributed by atoms with Gasteiger partial charge in [0.1, 0.15) is 17.1 Å². The molecule has 0 bridgehead atoms. The van der Waals surface area contributed by atoms with Crippen LogP contribution in [0.2, 0.25) is 5.02 Å². The lowest BCUT2D eigenvalue weighted by Gasteiger charge is -2.24. The van der Waals surface area contributed by atoms with Crippen LogP contribution in [0.3, 0.4) is 0 Å². The molecule has 2 aromatic heterocycles. The zero-order valence-electron chi connectivity index (χ0n) is 19.1. The van der Waals surface area contributed by atoms with Gasteiger partial charge in [-0.3, -0.25) is 14.5 Å². The topological polar surface area (TPSA) is 92.9 Å². The third-order valence-corrected chi connectivity index (χ3v) is 7.38. The van der Waals surface area contributed by atoms with Gasteiger partial charge in [0.05, 0.1) is 28.9 Å². The fraction of sp³-hybridized carbons (Fsp3) is 0.0741. The minimum atomic E-state index is -1.02. The van der Waals surface area contributed by atoms with Gasteiger partial charge in [-0.25, -0.2) is 9.37 Å². The van der Waals surface area contributed by atoms with Crippen LogP contribution >= 0.6 is 22.9 Å². The van der Waals surface area contributed by atoms with E-state index in [2.05, 4.69) is 4.98 Å². The molecule has 6 rings (SSSR count). The van der Waals surface area contributed by atoms with Crippen LogP contribution in [0.4, 0.5) is 9.52 Å². The Balaban J connectivity index is 1.50. The number of Topliss-reactive ketones (excluding diaryl/α,β-unsaturated/α-hetero) is 1. The molecule has 1 N–H and O–H groups in total. The number of nitrogens with zero attached hydrogens (tertiary/aromatic N) is 2. The van der Waals surface area contributed by atoms with Crippen molar-refractivity contribution in [3.8, 4) is 5.75 Å². The molecule has 5 aromatic rings. The number of furan rings is 1. The number of fused-ring (bicyclic) bond motifs is 2. The minimum Gasteiger partial charge on any atom is -0.503 e. The second-order valence-corrected chi connectivity index (χ2v) is 9.79. The number of methoxy groups -OCH3 is 1. The molecular weight excluding hydrogens is 519 g/mol. The van der Waals surface area contributed by atoms with E-state index in [-0.39, 0.29) is 16.5 Å². The van der Waals surface area contributed by atoms with E-state index >= 15 is 0 Å². The van der Waals surface area contributed by atoms with Crippen molar-refractivity contribution in [2.24, 2.45) is 0 Å². The number of aromatic nitrogens is 1. The Morgan fingerprint density at radius 1 is 1.14 bits per heavy atom. The highest BCUT2D eigenvalue weighted by atomic mass is 35.5. The summed E-state index contributed by atoms with van der Waals surface area (Å²) in [4.78, 5) is 32.9. The maximum atomic E-state index is 13.8. The number of aliphatic hydroxyl groups excluding tert-OH is 1. The average molecular weight is 535 g/mol. The van der Waals surface area contributed by atoms with Crippen molar-refractivity contribution in [2.45, 2.75) is 6.04 Å². The highest BCUT2D eigenvalue weighted by Crippen LogP contribution is 2.44. The number of halogens is 2. The van der Waals surface area contributed by atoms with Crippen LogP contribution in [0.5, 0.6) is 5.75 Å². The maximum absolute atomic E-state index is 13.8. The molecule has 0 fully saturated rings. The van der Waals surface area contributed by atoms with Gasteiger partial charge in [0.15, 0.2) is 16.7 Å². The zero-order valence-corrected chi connectivity index (χ0v) is 20.6. The summed E-state index contributed by atoms with van der Waals surface area (Å²) in [5.41, 5.74) is 1.29. The SMILES string of the molecule is COc1ccc(C2C(C(=O)c3cc4cc(Cl)ccc4o3)=C(O)C(=O)N2c2nc3ccc(F)cc3s2)cc1.